The summed E-state index contributed by atoms with van der Waals surface area (Å²) in [6.07, 6.45) is 2.08. The van der Waals surface area contributed by atoms with Crippen molar-refractivity contribution in [2.24, 2.45) is 0 Å². The van der Waals surface area contributed by atoms with Gasteiger partial charge >= 0.3 is 0 Å². The Morgan fingerprint density at radius 2 is 2.24 bits per heavy atom. The highest BCUT2D eigenvalue weighted by atomic mass is 32.2. The van der Waals surface area contributed by atoms with E-state index in [1.807, 2.05) is 4.68 Å². The Balaban J connectivity index is 2.60. The van der Waals surface area contributed by atoms with Gasteiger partial charge in [0.1, 0.15) is 0 Å². The Morgan fingerprint density at radius 1 is 1.47 bits per heavy atom. The van der Waals surface area contributed by atoms with Crippen LogP contribution in [0, 0.1) is 0 Å². The van der Waals surface area contributed by atoms with E-state index < -0.39 is 0 Å². The summed E-state index contributed by atoms with van der Waals surface area (Å²) in [6, 6.07) is 0.436. The van der Waals surface area contributed by atoms with Gasteiger partial charge in [-0.2, -0.15) is 11.8 Å². The molecule has 0 radical (unpaired) electrons. The van der Waals surface area contributed by atoms with E-state index in [4.69, 9.17) is 4.74 Å². The highest BCUT2D eigenvalue weighted by molar-refractivity contribution is 7.98. The molecule has 0 saturated heterocycles. The Labute approximate surface area is 106 Å². The van der Waals surface area contributed by atoms with Crippen LogP contribution in [0.3, 0.4) is 0 Å². The molecule has 0 aliphatic rings. The van der Waals surface area contributed by atoms with Gasteiger partial charge in [0.15, 0.2) is 5.82 Å². The van der Waals surface area contributed by atoms with Crippen molar-refractivity contribution in [3.05, 3.63) is 5.82 Å². The van der Waals surface area contributed by atoms with Crippen LogP contribution in [0.4, 0.5) is 0 Å². The summed E-state index contributed by atoms with van der Waals surface area (Å²) in [6.45, 7) is 5.66. The van der Waals surface area contributed by atoms with E-state index in [1.165, 1.54) is 0 Å². The molecule has 1 aromatic heterocycles. The molecule has 2 atom stereocenters. The van der Waals surface area contributed by atoms with Crippen molar-refractivity contribution in [3.8, 4) is 0 Å². The topological polar surface area (TPSA) is 64.9 Å². The van der Waals surface area contributed by atoms with Crippen LogP contribution in [-0.2, 0) is 4.74 Å². The second-order valence-corrected chi connectivity index (χ2v) is 4.87. The lowest BCUT2D eigenvalue weighted by Gasteiger charge is -2.16. The maximum atomic E-state index is 5.00. The van der Waals surface area contributed by atoms with Crippen LogP contribution >= 0.6 is 11.8 Å². The molecule has 0 bridgehead atoms. The lowest BCUT2D eigenvalue weighted by atomic mass is 10.3. The second kappa shape index (κ2) is 7.62. The minimum absolute atomic E-state index is 0.129. The lowest BCUT2D eigenvalue weighted by Crippen LogP contribution is -2.27. The molecule has 1 rings (SSSR count). The van der Waals surface area contributed by atoms with E-state index in [0.29, 0.717) is 12.6 Å². The molecule has 1 aromatic rings. The van der Waals surface area contributed by atoms with Gasteiger partial charge in [0.25, 0.3) is 0 Å². The maximum absolute atomic E-state index is 5.00. The van der Waals surface area contributed by atoms with E-state index >= 15 is 0 Å². The van der Waals surface area contributed by atoms with Gasteiger partial charge in [0, 0.05) is 19.4 Å². The largest absolute Gasteiger partial charge is 0.383 e. The summed E-state index contributed by atoms with van der Waals surface area (Å²) in [7, 11) is 1.69. The van der Waals surface area contributed by atoms with Crippen molar-refractivity contribution >= 4 is 11.8 Å². The van der Waals surface area contributed by atoms with Crippen molar-refractivity contribution in [3.63, 3.8) is 0 Å². The van der Waals surface area contributed by atoms with Crippen LogP contribution in [0.1, 0.15) is 31.8 Å². The fourth-order valence-electron chi connectivity index (χ4n) is 1.58. The van der Waals surface area contributed by atoms with Crippen molar-refractivity contribution in [2.75, 3.05) is 32.3 Å². The fraction of sp³-hybridized carbons (Fsp3) is 0.900. The van der Waals surface area contributed by atoms with Crippen LogP contribution in [0.25, 0.3) is 0 Å². The number of nitrogens with zero attached hydrogens (tertiary/aromatic N) is 4. The van der Waals surface area contributed by atoms with Gasteiger partial charge in [-0.1, -0.05) is 0 Å². The summed E-state index contributed by atoms with van der Waals surface area (Å²) < 4.78 is 6.89. The molecule has 0 aromatic carbocycles. The zero-order valence-electron chi connectivity index (χ0n) is 10.9. The number of hydrogen-bond acceptors (Lipinski definition) is 6. The van der Waals surface area contributed by atoms with Gasteiger partial charge in [-0.3, -0.25) is 0 Å². The summed E-state index contributed by atoms with van der Waals surface area (Å²) >= 11 is 1.79. The summed E-state index contributed by atoms with van der Waals surface area (Å²) in [5.74, 6) is 1.88. The Hall–Kier alpha value is -0.660. The molecule has 7 heteroatoms. The smallest absolute Gasteiger partial charge is 0.168 e. The number of ether oxygens (including phenoxy) is 1. The second-order valence-electron chi connectivity index (χ2n) is 3.95. The average molecular weight is 259 g/mol. The lowest BCUT2D eigenvalue weighted by molar-refractivity contribution is 0.195. The third kappa shape index (κ3) is 4.25. The zero-order chi connectivity index (χ0) is 12.7. The Bertz CT molecular complexity index is 319. The summed E-state index contributed by atoms with van der Waals surface area (Å²) in [5, 5.41) is 15.2. The molecule has 2 unspecified atom stereocenters. The molecule has 17 heavy (non-hydrogen) atoms. The van der Waals surface area contributed by atoms with Gasteiger partial charge < -0.3 is 10.1 Å². The minimum atomic E-state index is 0.129. The molecule has 1 N–H and O–H groups in total. The van der Waals surface area contributed by atoms with Gasteiger partial charge in [-0.25, -0.2) is 4.68 Å². The monoisotopic (exact) mass is 259 g/mol. The number of tetrazole rings is 1. The summed E-state index contributed by atoms with van der Waals surface area (Å²) in [4.78, 5) is 0. The SMILES string of the molecule is COCCNC(C)c1nnnn1C(C)CSC. The van der Waals surface area contributed by atoms with Gasteiger partial charge in [0.05, 0.1) is 18.7 Å². The standard InChI is InChI=1S/C10H21N5OS/c1-8(7-17-4)15-10(12-13-14-15)9(2)11-5-6-16-3/h8-9,11H,5-7H2,1-4H3. The first kappa shape index (κ1) is 14.4. The summed E-state index contributed by atoms with van der Waals surface area (Å²) in [5.41, 5.74) is 0. The highest BCUT2D eigenvalue weighted by Gasteiger charge is 2.17. The molecule has 0 fully saturated rings. The molecule has 0 spiro atoms. The van der Waals surface area contributed by atoms with Crippen LogP contribution in [-0.4, -0.2) is 52.5 Å². The third-order valence-corrected chi connectivity index (χ3v) is 3.30. The van der Waals surface area contributed by atoms with Gasteiger partial charge in [-0.15, -0.1) is 5.10 Å². The normalized spacial score (nSPS) is 14.8. The Morgan fingerprint density at radius 3 is 2.88 bits per heavy atom. The van der Waals surface area contributed by atoms with Gasteiger partial charge in [-0.05, 0) is 30.5 Å². The first-order valence-electron chi connectivity index (χ1n) is 5.69. The first-order valence-corrected chi connectivity index (χ1v) is 7.09. The third-order valence-electron chi connectivity index (χ3n) is 2.49. The van der Waals surface area contributed by atoms with Gasteiger partial charge in [0.2, 0.25) is 0 Å². The number of hydrogen-bond donors (Lipinski definition) is 1. The predicted molar refractivity (Wildman–Crippen MR) is 69.2 cm³/mol. The number of thioether (sulfide) groups is 1. The molecule has 0 amide bonds. The first-order chi connectivity index (χ1) is 8.20. The predicted octanol–water partition coefficient (Wildman–Crippen LogP) is 0.894. The molecule has 6 nitrogen and oxygen atoms in total. The van der Waals surface area contributed by atoms with Crippen molar-refractivity contribution in [1.82, 2.24) is 25.5 Å². The highest BCUT2D eigenvalue weighted by Crippen LogP contribution is 2.15. The molecule has 98 valence electrons. The molecular weight excluding hydrogens is 238 g/mol. The van der Waals surface area contributed by atoms with E-state index in [1.54, 1.807) is 18.9 Å². The van der Waals surface area contributed by atoms with Crippen LogP contribution in [0.5, 0.6) is 0 Å². The van der Waals surface area contributed by atoms with Crippen molar-refractivity contribution in [1.29, 1.82) is 0 Å². The quantitative estimate of drug-likeness (QED) is 0.700. The van der Waals surface area contributed by atoms with E-state index in [9.17, 15) is 0 Å². The number of nitrogens with one attached hydrogen (secondary N) is 1. The molecule has 0 aliphatic heterocycles. The number of aromatic nitrogens is 4. The van der Waals surface area contributed by atoms with E-state index in [-0.39, 0.29) is 6.04 Å². The van der Waals surface area contributed by atoms with Crippen LogP contribution < -0.4 is 5.32 Å². The maximum Gasteiger partial charge on any atom is 0.168 e. The van der Waals surface area contributed by atoms with E-state index in [2.05, 4.69) is 40.9 Å². The molecule has 1 heterocycles. The molecule has 0 aliphatic carbocycles. The molecule has 0 saturated carbocycles. The molecular formula is C10H21N5OS. The number of methoxy groups -OCH3 is 1. The number of rotatable bonds is 8. The average Bonchev–Trinajstić information content (AvgIpc) is 2.78. The zero-order valence-corrected chi connectivity index (χ0v) is 11.7. The van der Waals surface area contributed by atoms with E-state index in [0.717, 1.165) is 18.1 Å². The fourth-order valence-corrected chi connectivity index (χ4v) is 2.20. The van der Waals surface area contributed by atoms with Crippen LogP contribution in [0.2, 0.25) is 0 Å². The van der Waals surface area contributed by atoms with Crippen molar-refractivity contribution < 1.29 is 4.74 Å². The van der Waals surface area contributed by atoms with Crippen molar-refractivity contribution in [2.45, 2.75) is 25.9 Å². The van der Waals surface area contributed by atoms with Crippen LogP contribution in [0.15, 0.2) is 0 Å². The Kier molecular flexibility index (Phi) is 6.46. The minimum Gasteiger partial charge on any atom is -0.383 e.